The fourth-order valence-corrected chi connectivity index (χ4v) is 3.81. The summed E-state index contributed by atoms with van der Waals surface area (Å²) in [5.74, 6) is -1.41. The van der Waals surface area contributed by atoms with Crippen LogP contribution in [-0.2, 0) is 17.5 Å². The Morgan fingerprint density at radius 2 is 1.72 bits per heavy atom. The molecule has 1 aliphatic rings. The van der Waals surface area contributed by atoms with Crippen molar-refractivity contribution >= 4 is 11.9 Å². The van der Waals surface area contributed by atoms with Crippen molar-refractivity contribution in [2.24, 2.45) is 0 Å². The third-order valence-corrected chi connectivity index (χ3v) is 5.59. The quantitative estimate of drug-likeness (QED) is 0.657. The number of aromatic carboxylic acids is 1. The van der Waals surface area contributed by atoms with Gasteiger partial charge in [-0.25, -0.2) is 0 Å². The Balaban J connectivity index is 0.00000363. The zero-order chi connectivity index (χ0) is 22.6. The zero-order valence-corrected chi connectivity index (χ0v) is 18.1. The first-order valence-corrected chi connectivity index (χ1v) is 10.2. The summed E-state index contributed by atoms with van der Waals surface area (Å²) in [6.07, 6.45) is -1.88. The van der Waals surface area contributed by atoms with Crippen LogP contribution in [0.1, 0.15) is 59.3 Å². The summed E-state index contributed by atoms with van der Waals surface area (Å²) in [6.45, 7) is 2.90. The van der Waals surface area contributed by atoms with Crippen molar-refractivity contribution in [2.75, 3.05) is 6.54 Å². The average molecular weight is 440 g/mol. The summed E-state index contributed by atoms with van der Waals surface area (Å²) >= 11 is 0. The molecular weight excluding hydrogens is 416 g/mol. The van der Waals surface area contributed by atoms with Gasteiger partial charge >= 0.3 is 25.0 Å². The Kier molecular flexibility index (Phi) is 8.96. The van der Waals surface area contributed by atoms with Crippen molar-refractivity contribution in [3.05, 3.63) is 70.8 Å². The molecule has 0 aliphatic carbocycles. The van der Waals surface area contributed by atoms with Gasteiger partial charge in [-0.1, -0.05) is 42.8 Å². The minimum Gasteiger partial charge on any atom is -0.545 e. The third-order valence-electron chi connectivity index (χ3n) is 5.59. The van der Waals surface area contributed by atoms with Gasteiger partial charge in [0.05, 0.1) is 23.6 Å². The Bertz CT molecular complexity index is 918. The molecule has 0 aromatic heterocycles. The van der Waals surface area contributed by atoms with Gasteiger partial charge in [-0.05, 0) is 55.1 Å². The van der Waals surface area contributed by atoms with Gasteiger partial charge in [0, 0.05) is 6.54 Å². The molecule has 0 unspecified atom stereocenters. The topological polar surface area (TPSA) is 72.5 Å². The van der Waals surface area contributed by atoms with E-state index in [1.54, 1.807) is 12.1 Å². The number of carbonyl (C=O) groups is 2. The van der Waals surface area contributed by atoms with Crippen LogP contribution in [0.25, 0.3) is 0 Å². The van der Waals surface area contributed by atoms with Crippen LogP contribution < -0.4 is 29.3 Å². The van der Waals surface area contributed by atoms with E-state index in [1.807, 2.05) is 11.8 Å². The van der Waals surface area contributed by atoms with Crippen LogP contribution in [0.5, 0.6) is 0 Å². The monoisotopic (exact) mass is 440 g/mol. The van der Waals surface area contributed by atoms with Gasteiger partial charge in [0.15, 0.2) is 0 Å². The fraction of sp³-hybridized carbons (Fsp3) is 0.391. The molecule has 0 bridgehead atoms. The molecule has 2 aromatic carbocycles. The van der Waals surface area contributed by atoms with Gasteiger partial charge in [0.2, 0.25) is 5.91 Å². The Labute approximate surface area is 197 Å². The summed E-state index contributed by atoms with van der Waals surface area (Å²) < 4.78 is 38.3. The predicted octanol–water partition coefficient (Wildman–Crippen LogP) is 0.305. The summed E-state index contributed by atoms with van der Waals surface area (Å²) in [7, 11) is 0. The van der Waals surface area contributed by atoms with Gasteiger partial charge in [-0.3, -0.25) is 9.69 Å². The molecule has 9 heteroatoms. The Hall–Kier alpha value is -2.27. The molecule has 0 radical (unpaired) electrons. The Morgan fingerprint density at radius 3 is 2.28 bits per heavy atom. The fourth-order valence-electron chi connectivity index (χ4n) is 3.81. The first kappa shape index (κ1) is 26.0. The number of carboxylic acid groups (broad SMARTS) is 1. The van der Waals surface area contributed by atoms with Gasteiger partial charge in [-0.15, -0.1) is 0 Å². The third kappa shape index (κ3) is 6.61. The number of hydrogen-bond acceptors (Lipinski definition) is 4. The molecule has 166 valence electrons. The van der Waals surface area contributed by atoms with Gasteiger partial charge in [0.1, 0.15) is 0 Å². The number of hydrogen-bond donors (Lipinski definition) is 1. The molecule has 32 heavy (non-hydrogen) atoms. The molecule has 0 saturated carbocycles. The van der Waals surface area contributed by atoms with Crippen molar-refractivity contribution in [3.63, 3.8) is 0 Å². The number of piperidine rings is 1. The standard InChI is InChI=1S/C23H25F3N2O3.Li/c1-15(17-7-9-18(10-8-17)22(30)31)27-21(29)20-4-2-3-13-28(20)14-16-5-11-19(12-6-16)23(24,25)26;/h5-12,15,20H,2-4,13-14H2,1H3,(H,27,29)(H,30,31);/q;+1/p-1/t15-,20+;/m0./s1. The molecule has 1 saturated heterocycles. The number of rotatable bonds is 6. The number of amides is 1. The van der Waals surface area contributed by atoms with E-state index in [-0.39, 0.29) is 42.4 Å². The van der Waals surface area contributed by atoms with E-state index in [9.17, 15) is 27.9 Å². The number of carbonyl (C=O) groups excluding carboxylic acids is 2. The van der Waals surface area contributed by atoms with E-state index in [0.29, 0.717) is 19.5 Å². The van der Waals surface area contributed by atoms with Crippen LogP contribution in [0, 0.1) is 0 Å². The van der Waals surface area contributed by atoms with Gasteiger partial charge in [-0.2, -0.15) is 13.2 Å². The maximum Gasteiger partial charge on any atom is 1.00 e. The van der Waals surface area contributed by atoms with Crippen molar-refractivity contribution in [1.29, 1.82) is 0 Å². The largest absolute Gasteiger partial charge is 1.00 e. The number of nitrogens with one attached hydrogen (secondary N) is 1. The molecule has 1 heterocycles. The molecule has 1 N–H and O–H groups in total. The molecule has 2 atom stereocenters. The maximum absolute atomic E-state index is 12.9. The van der Waals surface area contributed by atoms with Gasteiger partial charge < -0.3 is 15.2 Å². The number of halogens is 3. The number of alkyl halides is 3. The van der Waals surface area contributed by atoms with Crippen LogP contribution >= 0.6 is 0 Å². The number of carboxylic acids is 1. The van der Waals surface area contributed by atoms with Crippen molar-refractivity contribution in [3.8, 4) is 0 Å². The maximum atomic E-state index is 12.9. The minimum absolute atomic E-state index is 0. The molecular formula is C23H24F3LiN2O3. The second-order valence-corrected chi connectivity index (χ2v) is 7.82. The van der Waals surface area contributed by atoms with E-state index in [0.717, 1.165) is 36.1 Å². The van der Waals surface area contributed by atoms with Crippen molar-refractivity contribution in [1.82, 2.24) is 10.2 Å². The first-order chi connectivity index (χ1) is 14.6. The summed E-state index contributed by atoms with van der Waals surface area (Å²) in [5.41, 5.74) is 0.863. The molecule has 1 amide bonds. The number of nitrogens with zero attached hydrogens (tertiary/aromatic N) is 1. The predicted molar refractivity (Wildman–Crippen MR) is 107 cm³/mol. The number of benzene rings is 2. The molecule has 3 rings (SSSR count). The Morgan fingerprint density at radius 1 is 1.09 bits per heavy atom. The van der Waals surface area contributed by atoms with Crippen LogP contribution in [0.3, 0.4) is 0 Å². The first-order valence-electron chi connectivity index (χ1n) is 10.2. The van der Waals surface area contributed by atoms with Crippen LogP contribution in [0.2, 0.25) is 0 Å². The summed E-state index contributed by atoms with van der Waals surface area (Å²) in [6, 6.07) is 10.5. The average Bonchev–Trinajstić information content (AvgIpc) is 2.74. The van der Waals surface area contributed by atoms with Crippen LogP contribution in [0.4, 0.5) is 13.2 Å². The molecule has 0 spiro atoms. The summed E-state index contributed by atoms with van der Waals surface area (Å²) in [4.78, 5) is 25.8. The van der Waals surface area contributed by atoms with Crippen molar-refractivity contribution in [2.45, 2.75) is 51.0 Å². The SMILES string of the molecule is C[C@H](NC(=O)[C@H]1CCCCN1Cc1ccc(C(F)(F)F)cc1)c1ccc(C(=O)[O-])cc1.[Li+]. The van der Waals surface area contributed by atoms with E-state index < -0.39 is 17.7 Å². The normalized spacial score (nSPS) is 17.8. The molecule has 1 aliphatic heterocycles. The zero-order valence-electron chi connectivity index (χ0n) is 18.1. The molecule has 1 fully saturated rings. The van der Waals surface area contributed by atoms with E-state index >= 15 is 0 Å². The molecule has 5 nitrogen and oxygen atoms in total. The minimum atomic E-state index is -4.37. The van der Waals surface area contributed by atoms with Crippen molar-refractivity contribution < 1.29 is 46.7 Å². The number of likely N-dealkylation sites (tertiary alicyclic amines) is 1. The van der Waals surface area contributed by atoms with E-state index in [1.165, 1.54) is 24.3 Å². The smallest absolute Gasteiger partial charge is 0.545 e. The van der Waals surface area contributed by atoms with Crippen LogP contribution in [0.15, 0.2) is 48.5 Å². The summed E-state index contributed by atoms with van der Waals surface area (Å²) in [5, 5.41) is 13.8. The van der Waals surface area contributed by atoms with E-state index in [4.69, 9.17) is 0 Å². The van der Waals surface area contributed by atoms with Crippen LogP contribution in [-0.4, -0.2) is 29.4 Å². The second-order valence-electron chi connectivity index (χ2n) is 7.82. The van der Waals surface area contributed by atoms with E-state index in [2.05, 4.69) is 5.32 Å². The second kappa shape index (κ2) is 11.0. The van der Waals surface area contributed by atoms with Gasteiger partial charge in [0.25, 0.3) is 0 Å². The molecule has 2 aromatic rings.